The molecule has 3 rings (SSSR count). The Morgan fingerprint density at radius 3 is 2.67 bits per heavy atom. The summed E-state index contributed by atoms with van der Waals surface area (Å²) >= 11 is 0. The molecule has 0 N–H and O–H groups in total. The van der Waals surface area contributed by atoms with Crippen LogP contribution in [0.5, 0.6) is 0 Å². The minimum Gasteiger partial charge on any atom is -0.0804 e. The lowest BCUT2D eigenvalue weighted by Gasteiger charge is -2.13. The van der Waals surface area contributed by atoms with Gasteiger partial charge < -0.3 is 0 Å². The van der Waals surface area contributed by atoms with Crippen LogP contribution in [0.3, 0.4) is 0 Å². The van der Waals surface area contributed by atoms with Crippen molar-refractivity contribution in [3.63, 3.8) is 0 Å². The Morgan fingerprint density at radius 1 is 0.917 bits per heavy atom. The Balaban J connectivity index is 2.34. The Kier molecular flexibility index (Phi) is 1.20. The van der Waals surface area contributed by atoms with Crippen molar-refractivity contribution in [2.24, 2.45) is 0 Å². The molecule has 0 aromatic heterocycles. The van der Waals surface area contributed by atoms with Crippen molar-refractivity contribution >= 4 is 5.57 Å². The van der Waals surface area contributed by atoms with Gasteiger partial charge in [-0.05, 0) is 47.9 Å². The van der Waals surface area contributed by atoms with Gasteiger partial charge in [-0.15, -0.1) is 0 Å². The van der Waals surface area contributed by atoms with Gasteiger partial charge in [0.25, 0.3) is 0 Å². The molecule has 0 amide bonds. The van der Waals surface area contributed by atoms with Crippen LogP contribution in [-0.2, 0) is 12.8 Å². The first-order valence-corrected chi connectivity index (χ1v) is 4.75. The van der Waals surface area contributed by atoms with Gasteiger partial charge >= 0.3 is 0 Å². The summed E-state index contributed by atoms with van der Waals surface area (Å²) in [6.07, 6.45) is 7.50. The zero-order valence-corrected chi connectivity index (χ0v) is 7.14. The van der Waals surface area contributed by atoms with E-state index in [1.54, 1.807) is 22.3 Å². The zero-order chi connectivity index (χ0) is 7.97. The van der Waals surface area contributed by atoms with Gasteiger partial charge in [0, 0.05) is 0 Å². The SMILES string of the molecule is C1=C2CCc3cccc(c32)CC1. The van der Waals surface area contributed by atoms with E-state index in [9.17, 15) is 0 Å². The molecule has 0 radical (unpaired) electrons. The van der Waals surface area contributed by atoms with E-state index in [-0.39, 0.29) is 0 Å². The van der Waals surface area contributed by atoms with E-state index < -0.39 is 0 Å². The number of rotatable bonds is 0. The number of hydrogen-bond acceptors (Lipinski definition) is 0. The van der Waals surface area contributed by atoms with Crippen molar-refractivity contribution in [2.75, 3.05) is 0 Å². The van der Waals surface area contributed by atoms with Gasteiger partial charge in [0.2, 0.25) is 0 Å². The quantitative estimate of drug-likeness (QED) is 0.541. The Bertz CT molecular complexity index is 358. The molecule has 0 aliphatic heterocycles. The van der Waals surface area contributed by atoms with E-state index in [4.69, 9.17) is 0 Å². The summed E-state index contributed by atoms with van der Waals surface area (Å²) in [7, 11) is 0. The minimum absolute atomic E-state index is 1.26. The first kappa shape index (κ1) is 6.47. The molecule has 0 heteroatoms. The number of benzene rings is 1. The van der Waals surface area contributed by atoms with Crippen molar-refractivity contribution in [3.05, 3.63) is 41.0 Å². The summed E-state index contributed by atoms with van der Waals surface area (Å²) in [5.41, 5.74) is 6.39. The topological polar surface area (TPSA) is 0 Å². The van der Waals surface area contributed by atoms with Crippen LogP contribution < -0.4 is 0 Å². The Hall–Kier alpha value is -1.04. The van der Waals surface area contributed by atoms with Crippen LogP contribution in [0.4, 0.5) is 0 Å². The van der Waals surface area contributed by atoms with Crippen LogP contribution in [-0.4, -0.2) is 0 Å². The molecule has 0 fully saturated rings. The van der Waals surface area contributed by atoms with Crippen LogP contribution in [0.25, 0.3) is 5.57 Å². The van der Waals surface area contributed by atoms with Gasteiger partial charge in [-0.25, -0.2) is 0 Å². The highest BCUT2D eigenvalue weighted by Crippen LogP contribution is 2.38. The average Bonchev–Trinajstić information content (AvgIpc) is 2.52. The monoisotopic (exact) mass is 156 g/mol. The summed E-state index contributed by atoms with van der Waals surface area (Å²) < 4.78 is 0. The first-order valence-electron chi connectivity index (χ1n) is 4.75. The maximum absolute atomic E-state index is 2.43. The lowest BCUT2D eigenvalue weighted by Crippen LogP contribution is -1.96. The number of allylic oxidation sites excluding steroid dienone is 2. The van der Waals surface area contributed by atoms with Gasteiger partial charge in [-0.3, -0.25) is 0 Å². The Morgan fingerprint density at radius 2 is 1.75 bits per heavy atom. The van der Waals surface area contributed by atoms with Crippen LogP contribution in [0.15, 0.2) is 24.3 Å². The molecule has 0 bridgehead atoms. The number of aryl methyl sites for hydroxylation is 2. The van der Waals surface area contributed by atoms with Gasteiger partial charge in [-0.1, -0.05) is 24.3 Å². The standard InChI is InChI=1S/C12H12/c1-3-9-4-2-6-11-8-7-10(5-1)12(9)11/h1,3,5-6H,2,4,7-8H2. The molecule has 1 aromatic rings. The summed E-state index contributed by atoms with van der Waals surface area (Å²) in [4.78, 5) is 0. The maximum atomic E-state index is 2.43. The highest BCUT2D eigenvalue weighted by molar-refractivity contribution is 5.76. The van der Waals surface area contributed by atoms with Crippen molar-refractivity contribution in [1.82, 2.24) is 0 Å². The fourth-order valence-corrected chi connectivity index (χ4v) is 2.48. The fraction of sp³-hybridized carbons (Fsp3) is 0.333. The van der Waals surface area contributed by atoms with Gasteiger partial charge in [-0.2, -0.15) is 0 Å². The molecule has 1 aromatic carbocycles. The second-order valence-electron chi connectivity index (χ2n) is 3.72. The molecule has 0 saturated carbocycles. The largest absolute Gasteiger partial charge is 0.0804 e. The normalized spacial score (nSPS) is 18.8. The second-order valence-corrected chi connectivity index (χ2v) is 3.72. The molecule has 0 unspecified atom stereocenters. The molecule has 2 aliphatic carbocycles. The van der Waals surface area contributed by atoms with Crippen molar-refractivity contribution < 1.29 is 0 Å². The predicted octanol–water partition coefficient (Wildman–Crippen LogP) is 2.96. The van der Waals surface area contributed by atoms with Crippen LogP contribution in [0.2, 0.25) is 0 Å². The molecule has 0 saturated heterocycles. The second kappa shape index (κ2) is 2.22. The zero-order valence-electron chi connectivity index (χ0n) is 7.14. The van der Waals surface area contributed by atoms with Crippen LogP contribution >= 0.6 is 0 Å². The Labute approximate surface area is 72.9 Å². The van der Waals surface area contributed by atoms with E-state index >= 15 is 0 Å². The fourth-order valence-electron chi connectivity index (χ4n) is 2.48. The minimum atomic E-state index is 1.26. The van der Waals surface area contributed by atoms with Crippen molar-refractivity contribution in [2.45, 2.75) is 25.7 Å². The van der Waals surface area contributed by atoms with Gasteiger partial charge in [0.1, 0.15) is 0 Å². The van der Waals surface area contributed by atoms with Crippen LogP contribution in [0.1, 0.15) is 29.5 Å². The molecule has 12 heavy (non-hydrogen) atoms. The van der Waals surface area contributed by atoms with E-state index in [2.05, 4.69) is 24.3 Å². The predicted molar refractivity (Wildman–Crippen MR) is 51.1 cm³/mol. The summed E-state index contributed by atoms with van der Waals surface area (Å²) in [5.74, 6) is 0. The lowest BCUT2D eigenvalue weighted by molar-refractivity contribution is 0.975. The lowest BCUT2D eigenvalue weighted by atomic mass is 9.92. The van der Waals surface area contributed by atoms with E-state index in [1.165, 1.54) is 25.7 Å². The van der Waals surface area contributed by atoms with E-state index in [0.29, 0.717) is 0 Å². The van der Waals surface area contributed by atoms with Crippen molar-refractivity contribution in [1.29, 1.82) is 0 Å². The smallest absolute Gasteiger partial charge is 0.0163 e. The molecule has 60 valence electrons. The van der Waals surface area contributed by atoms with Crippen LogP contribution in [0, 0.1) is 0 Å². The number of hydrogen-bond donors (Lipinski definition) is 0. The molecule has 0 heterocycles. The molecule has 0 atom stereocenters. The molecular formula is C12H12. The average molecular weight is 156 g/mol. The molecule has 0 nitrogen and oxygen atoms in total. The summed E-state index contributed by atoms with van der Waals surface area (Å²) in [5, 5.41) is 0. The molecular weight excluding hydrogens is 144 g/mol. The third-order valence-electron chi connectivity index (χ3n) is 3.03. The summed E-state index contributed by atoms with van der Waals surface area (Å²) in [6, 6.07) is 6.78. The van der Waals surface area contributed by atoms with Crippen molar-refractivity contribution in [3.8, 4) is 0 Å². The van der Waals surface area contributed by atoms with E-state index in [1.807, 2.05) is 0 Å². The van der Waals surface area contributed by atoms with Gasteiger partial charge in [0.05, 0.1) is 0 Å². The summed E-state index contributed by atoms with van der Waals surface area (Å²) in [6.45, 7) is 0. The van der Waals surface area contributed by atoms with Gasteiger partial charge in [0.15, 0.2) is 0 Å². The third kappa shape index (κ3) is 0.726. The molecule has 0 spiro atoms. The van der Waals surface area contributed by atoms with E-state index in [0.717, 1.165) is 0 Å². The maximum Gasteiger partial charge on any atom is -0.0163 e. The molecule has 2 aliphatic rings. The highest BCUT2D eigenvalue weighted by Gasteiger charge is 2.20. The first-order chi connectivity index (χ1) is 5.95. The highest BCUT2D eigenvalue weighted by atomic mass is 14.2. The third-order valence-corrected chi connectivity index (χ3v) is 3.03.